The SMILES string of the molecule is Ic1cc2c(s1)CCCC2NCc1ccncc1. The molecule has 4 heteroatoms. The van der Waals surface area contributed by atoms with Gasteiger partial charge in [-0.1, -0.05) is 0 Å². The van der Waals surface area contributed by atoms with Gasteiger partial charge in [0.15, 0.2) is 0 Å². The maximum Gasteiger partial charge on any atom is 0.0659 e. The van der Waals surface area contributed by atoms with Gasteiger partial charge in [0.25, 0.3) is 0 Å². The molecule has 1 atom stereocenters. The Bertz CT molecular complexity index is 524. The molecule has 0 spiro atoms. The summed E-state index contributed by atoms with van der Waals surface area (Å²) in [5.41, 5.74) is 2.84. The molecule has 1 N–H and O–H groups in total. The van der Waals surface area contributed by atoms with Gasteiger partial charge in [0.1, 0.15) is 0 Å². The molecule has 0 fully saturated rings. The van der Waals surface area contributed by atoms with Crippen molar-refractivity contribution >= 4 is 33.9 Å². The second-order valence-electron chi connectivity index (χ2n) is 4.61. The number of aryl methyl sites for hydroxylation is 1. The van der Waals surface area contributed by atoms with Crippen molar-refractivity contribution in [1.29, 1.82) is 0 Å². The second kappa shape index (κ2) is 5.67. The van der Waals surface area contributed by atoms with Crippen LogP contribution in [0.2, 0.25) is 0 Å². The third kappa shape index (κ3) is 2.75. The first-order chi connectivity index (χ1) is 8.83. The molecule has 0 radical (unpaired) electrons. The van der Waals surface area contributed by atoms with E-state index in [0.29, 0.717) is 6.04 Å². The molecule has 0 aromatic carbocycles. The molecule has 0 aliphatic heterocycles. The van der Waals surface area contributed by atoms with E-state index in [2.05, 4.69) is 51.1 Å². The Balaban J connectivity index is 1.71. The lowest BCUT2D eigenvalue weighted by molar-refractivity contribution is 0.463. The first-order valence-electron chi connectivity index (χ1n) is 6.23. The molecule has 2 nitrogen and oxygen atoms in total. The lowest BCUT2D eigenvalue weighted by Gasteiger charge is -2.23. The Labute approximate surface area is 125 Å². The van der Waals surface area contributed by atoms with E-state index in [1.807, 2.05) is 23.7 Å². The molecule has 2 aromatic heterocycles. The van der Waals surface area contributed by atoms with Crippen LogP contribution in [0.25, 0.3) is 0 Å². The number of nitrogens with zero attached hydrogens (tertiary/aromatic N) is 1. The highest BCUT2D eigenvalue weighted by molar-refractivity contribution is 14.1. The summed E-state index contributed by atoms with van der Waals surface area (Å²) in [4.78, 5) is 5.63. The minimum atomic E-state index is 0.529. The van der Waals surface area contributed by atoms with E-state index in [-0.39, 0.29) is 0 Å². The average molecular weight is 370 g/mol. The number of hydrogen-bond acceptors (Lipinski definition) is 3. The second-order valence-corrected chi connectivity index (χ2v) is 7.64. The van der Waals surface area contributed by atoms with Gasteiger partial charge in [-0.15, -0.1) is 11.3 Å². The normalized spacial score (nSPS) is 18.6. The average Bonchev–Trinajstić information content (AvgIpc) is 2.78. The molecular weight excluding hydrogens is 355 g/mol. The number of rotatable bonds is 3. The summed E-state index contributed by atoms with van der Waals surface area (Å²) in [6.45, 7) is 0.930. The van der Waals surface area contributed by atoms with Gasteiger partial charge < -0.3 is 5.32 Å². The van der Waals surface area contributed by atoms with Crippen molar-refractivity contribution in [2.24, 2.45) is 0 Å². The van der Waals surface area contributed by atoms with Crippen LogP contribution >= 0.6 is 33.9 Å². The van der Waals surface area contributed by atoms with E-state index in [1.54, 1.807) is 4.88 Å². The third-order valence-corrected chi connectivity index (χ3v) is 5.36. The topological polar surface area (TPSA) is 24.9 Å². The van der Waals surface area contributed by atoms with E-state index in [1.165, 1.54) is 33.3 Å². The Morgan fingerprint density at radius 1 is 1.39 bits per heavy atom. The Morgan fingerprint density at radius 2 is 2.22 bits per heavy atom. The first-order valence-corrected chi connectivity index (χ1v) is 8.13. The van der Waals surface area contributed by atoms with Crippen molar-refractivity contribution in [3.8, 4) is 0 Å². The number of pyridine rings is 1. The van der Waals surface area contributed by atoms with Gasteiger partial charge in [-0.2, -0.15) is 0 Å². The Morgan fingerprint density at radius 3 is 3.06 bits per heavy atom. The van der Waals surface area contributed by atoms with Crippen molar-refractivity contribution in [1.82, 2.24) is 10.3 Å². The molecule has 1 aliphatic carbocycles. The van der Waals surface area contributed by atoms with E-state index in [9.17, 15) is 0 Å². The zero-order chi connectivity index (χ0) is 12.4. The highest BCUT2D eigenvalue weighted by Gasteiger charge is 2.21. The maximum absolute atomic E-state index is 4.05. The van der Waals surface area contributed by atoms with Crippen molar-refractivity contribution in [2.75, 3.05) is 0 Å². The standard InChI is InChI=1S/C14H15IN2S/c15-14-8-11-12(2-1-3-13(11)18-14)17-9-10-4-6-16-7-5-10/h4-8,12,17H,1-3,9H2. The van der Waals surface area contributed by atoms with Crippen molar-refractivity contribution in [2.45, 2.75) is 31.8 Å². The molecule has 0 saturated carbocycles. The smallest absolute Gasteiger partial charge is 0.0659 e. The molecule has 2 aromatic rings. The van der Waals surface area contributed by atoms with Gasteiger partial charge in [0.05, 0.1) is 2.88 Å². The number of halogens is 1. The lowest BCUT2D eigenvalue weighted by Crippen LogP contribution is -2.23. The minimum absolute atomic E-state index is 0.529. The summed E-state index contributed by atoms with van der Waals surface area (Å²) >= 11 is 4.39. The molecule has 0 saturated heterocycles. The predicted molar refractivity (Wildman–Crippen MR) is 83.8 cm³/mol. The Kier molecular flexibility index (Phi) is 3.96. The van der Waals surface area contributed by atoms with Crippen LogP contribution in [0, 0.1) is 2.88 Å². The monoisotopic (exact) mass is 370 g/mol. The summed E-state index contributed by atoms with van der Waals surface area (Å²) < 4.78 is 1.41. The minimum Gasteiger partial charge on any atom is -0.306 e. The molecular formula is C14H15IN2S. The van der Waals surface area contributed by atoms with Crippen molar-refractivity contribution in [3.63, 3.8) is 0 Å². The van der Waals surface area contributed by atoms with E-state index >= 15 is 0 Å². The molecule has 94 valence electrons. The summed E-state index contributed by atoms with van der Waals surface area (Å²) in [6, 6.07) is 7.04. The summed E-state index contributed by atoms with van der Waals surface area (Å²) in [7, 11) is 0. The van der Waals surface area contributed by atoms with E-state index in [4.69, 9.17) is 0 Å². The Hall–Kier alpha value is -0.460. The molecule has 3 rings (SSSR count). The van der Waals surface area contributed by atoms with Crippen LogP contribution in [-0.2, 0) is 13.0 Å². The molecule has 1 aliphatic rings. The first kappa shape index (κ1) is 12.6. The molecule has 1 unspecified atom stereocenters. The zero-order valence-electron chi connectivity index (χ0n) is 10.0. The van der Waals surface area contributed by atoms with Gasteiger partial charge >= 0.3 is 0 Å². The number of hydrogen-bond donors (Lipinski definition) is 1. The summed E-state index contributed by atoms with van der Waals surface area (Å²) in [6.07, 6.45) is 7.53. The molecule has 0 bridgehead atoms. The lowest BCUT2D eigenvalue weighted by atomic mass is 9.94. The molecule has 2 heterocycles. The van der Waals surface area contributed by atoms with E-state index < -0.39 is 0 Å². The number of fused-ring (bicyclic) bond motifs is 1. The molecule has 18 heavy (non-hydrogen) atoms. The van der Waals surface area contributed by atoms with Crippen LogP contribution in [0.15, 0.2) is 30.6 Å². The largest absolute Gasteiger partial charge is 0.306 e. The van der Waals surface area contributed by atoms with Gasteiger partial charge in [0.2, 0.25) is 0 Å². The van der Waals surface area contributed by atoms with Gasteiger partial charge in [-0.05, 0) is 71.2 Å². The van der Waals surface area contributed by atoms with Gasteiger partial charge in [-0.3, -0.25) is 4.98 Å². The summed E-state index contributed by atoms with van der Waals surface area (Å²) in [5.74, 6) is 0. The molecule has 0 amide bonds. The van der Waals surface area contributed by atoms with Crippen LogP contribution in [0.5, 0.6) is 0 Å². The maximum atomic E-state index is 4.05. The quantitative estimate of drug-likeness (QED) is 0.829. The number of aromatic nitrogens is 1. The fraction of sp³-hybridized carbons (Fsp3) is 0.357. The van der Waals surface area contributed by atoms with Crippen LogP contribution < -0.4 is 5.32 Å². The number of thiophene rings is 1. The van der Waals surface area contributed by atoms with Gasteiger partial charge in [-0.25, -0.2) is 0 Å². The highest BCUT2D eigenvalue weighted by atomic mass is 127. The zero-order valence-corrected chi connectivity index (χ0v) is 13.0. The van der Waals surface area contributed by atoms with Crippen LogP contribution in [-0.4, -0.2) is 4.98 Å². The fourth-order valence-corrected chi connectivity index (χ4v) is 4.59. The summed E-state index contributed by atoms with van der Waals surface area (Å²) in [5, 5.41) is 3.68. The van der Waals surface area contributed by atoms with Crippen LogP contribution in [0.3, 0.4) is 0 Å². The van der Waals surface area contributed by atoms with Crippen molar-refractivity contribution < 1.29 is 0 Å². The predicted octanol–water partition coefficient (Wildman–Crippen LogP) is 3.91. The number of nitrogens with one attached hydrogen (secondary N) is 1. The van der Waals surface area contributed by atoms with E-state index in [0.717, 1.165) is 6.54 Å². The van der Waals surface area contributed by atoms with Gasteiger partial charge in [0, 0.05) is 29.9 Å². The fourth-order valence-electron chi connectivity index (χ4n) is 2.48. The third-order valence-electron chi connectivity index (χ3n) is 3.39. The van der Waals surface area contributed by atoms with Crippen LogP contribution in [0.1, 0.15) is 34.9 Å². The van der Waals surface area contributed by atoms with Crippen LogP contribution in [0.4, 0.5) is 0 Å². The van der Waals surface area contributed by atoms with Crippen molar-refractivity contribution in [3.05, 3.63) is 49.5 Å². The highest BCUT2D eigenvalue weighted by Crippen LogP contribution is 2.36.